The number of amides is 3. The maximum Gasteiger partial charge on any atom is 0.254 e. The zero-order chi connectivity index (χ0) is 21.7. The summed E-state index contributed by atoms with van der Waals surface area (Å²) in [5.41, 5.74) is 2.28. The van der Waals surface area contributed by atoms with Crippen LogP contribution < -0.4 is 5.32 Å². The van der Waals surface area contributed by atoms with Crippen molar-refractivity contribution in [3.05, 3.63) is 65.7 Å². The standard InChI is InChI=1S/C24H29N3O3/c1-4-26(15-18-8-6-5-7-9-18)24(30)19-10-12-21(13-11-19)25-23(29)20-14-22(28)27(16-20)17(2)3/h5-13,17,20H,4,14-16H2,1-3H3,(H,25,29). The van der Waals surface area contributed by atoms with E-state index in [4.69, 9.17) is 0 Å². The van der Waals surface area contributed by atoms with E-state index in [9.17, 15) is 14.4 Å². The molecule has 0 radical (unpaired) electrons. The van der Waals surface area contributed by atoms with Crippen molar-refractivity contribution >= 4 is 23.4 Å². The first-order valence-corrected chi connectivity index (χ1v) is 10.4. The minimum absolute atomic E-state index is 0.0177. The third-order valence-corrected chi connectivity index (χ3v) is 5.44. The summed E-state index contributed by atoms with van der Waals surface area (Å²) >= 11 is 0. The summed E-state index contributed by atoms with van der Waals surface area (Å²) in [7, 11) is 0. The molecule has 0 aliphatic carbocycles. The number of carbonyl (C=O) groups is 3. The van der Waals surface area contributed by atoms with Crippen molar-refractivity contribution in [2.24, 2.45) is 5.92 Å². The molecule has 6 heteroatoms. The SMILES string of the molecule is CCN(Cc1ccccc1)C(=O)c1ccc(NC(=O)C2CC(=O)N(C(C)C)C2)cc1. The van der Waals surface area contributed by atoms with Crippen LogP contribution in [-0.2, 0) is 16.1 Å². The number of anilines is 1. The highest BCUT2D eigenvalue weighted by molar-refractivity contribution is 5.98. The third-order valence-electron chi connectivity index (χ3n) is 5.44. The number of nitrogens with one attached hydrogen (secondary N) is 1. The predicted molar refractivity (Wildman–Crippen MR) is 117 cm³/mol. The Bertz CT molecular complexity index is 894. The van der Waals surface area contributed by atoms with E-state index < -0.39 is 0 Å². The van der Waals surface area contributed by atoms with Gasteiger partial charge in [-0.2, -0.15) is 0 Å². The Labute approximate surface area is 177 Å². The molecule has 1 aliphatic heterocycles. The smallest absolute Gasteiger partial charge is 0.254 e. The van der Waals surface area contributed by atoms with Crippen molar-refractivity contribution in [2.75, 3.05) is 18.4 Å². The highest BCUT2D eigenvalue weighted by atomic mass is 16.2. The van der Waals surface area contributed by atoms with Crippen LogP contribution in [0.1, 0.15) is 43.1 Å². The van der Waals surface area contributed by atoms with E-state index in [1.807, 2.05) is 51.1 Å². The van der Waals surface area contributed by atoms with E-state index >= 15 is 0 Å². The summed E-state index contributed by atoms with van der Waals surface area (Å²) in [5, 5.41) is 2.87. The number of hydrogen-bond acceptors (Lipinski definition) is 3. The second kappa shape index (κ2) is 9.57. The molecule has 0 bridgehead atoms. The Morgan fingerprint density at radius 3 is 2.33 bits per heavy atom. The van der Waals surface area contributed by atoms with E-state index in [1.54, 1.807) is 34.1 Å². The van der Waals surface area contributed by atoms with E-state index in [0.717, 1.165) is 5.56 Å². The number of hydrogen-bond donors (Lipinski definition) is 1. The van der Waals surface area contributed by atoms with Gasteiger partial charge in [0, 0.05) is 43.3 Å². The fourth-order valence-corrected chi connectivity index (χ4v) is 3.66. The lowest BCUT2D eigenvalue weighted by molar-refractivity contribution is -0.129. The van der Waals surface area contributed by atoms with Crippen LogP contribution in [0.5, 0.6) is 0 Å². The highest BCUT2D eigenvalue weighted by Crippen LogP contribution is 2.22. The quantitative estimate of drug-likeness (QED) is 0.763. The molecule has 3 amide bonds. The number of benzene rings is 2. The lowest BCUT2D eigenvalue weighted by atomic mass is 10.1. The Morgan fingerprint density at radius 1 is 1.10 bits per heavy atom. The molecule has 1 unspecified atom stereocenters. The summed E-state index contributed by atoms with van der Waals surface area (Å²) in [6.45, 7) is 7.46. The van der Waals surface area contributed by atoms with Crippen LogP contribution in [0.3, 0.4) is 0 Å². The first kappa shape index (κ1) is 21.6. The van der Waals surface area contributed by atoms with Gasteiger partial charge in [-0.3, -0.25) is 14.4 Å². The summed E-state index contributed by atoms with van der Waals surface area (Å²) < 4.78 is 0. The van der Waals surface area contributed by atoms with Crippen molar-refractivity contribution in [2.45, 2.75) is 39.8 Å². The second-order valence-corrected chi connectivity index (χ2v) is 7.91. The zero-order valence-corrected chi connectivity index (χ0v) is 17.8. The largest absolute Gasteiger partial charge is 0.339 e. The van der Waals surface area contributed by atoms with Crippen LogP contribution >= 0.6 is 0 Å². The fourth-order valence-electron chi connectivity index (χ4n) is 3.66. The molecule has 1 fully saturated rings. The van der Waals surface area contributed by atoms with Gasteiger partial charge in [0.15, 0.2) is 0 Å². The van der Waals surface area contributed by atoms with Crippen LogP contribution in [0.4, 0.5) is 5.69 Å². The maximum atomic E-state index is 12.9. The van der Waals surface area contributed by atoms with Crippen molar-refractivity contribution in [1.29, 1.82) is 0 Å². The van der Waals surface area contributed by atoms with Crippen LogP contribution in [0.25, 0.3) is 0 Å². The molecule has 0 saturated carbocycles. The molecule has 2 aromatic rings. The van der Waals surface area contributed by atoms with Crippen LogP contribution in [0, 0.1) is 5.92 Å². The van der Waals surface area contributed by atoms with E-state index in [-0.39, 0.29) is 36.1 Å². The molecule has 0 aromatic heterocycles. The first-order valence-electron chi connectivity index (χ1n) is 10.4. The van der Waals surface area contributed by atoms with Gasteiger partial charge in [0.2, 0.25) is 11.8 Å². The first-order chi connectivity index (χ1) is 14.4. The molecule has 1 atom stereocenters. The van der Waals surface area contributed by atoms with Crippen LogP contribution in [0.2, 0.25) is 0 Å². The summed E-state index contributed by atoms with van der Waals surface area (Å²) in [5.74, 6) is -0.537. The second-order valence-electron chi connectivity index (χ2n) is 7.91. The van der Waals surface area contributed by atoms with Gasteiger partial charge in [0.05, 0.1) is 5.92 Å². The molecule has 2 aromatic carbocycles. The number of carbonyl (C=O) groups excluding carboxylic acids is 3. The van der Waals surface area contributed by atoms with Gasteiger partial charge < -0.3 is 15.1 Å². The highest BCUT2D eigenvalue weighted by Gasteiger charge is 2.35. The summed E-state index contributed by atoms with van der Waals surface area (Å²) in [4.78, 5) is 40.9. The lowest BCUT2D eigenvalue weighted by Gasteiger charge is -2.21. The normalized spacial score (nSPS) is 16.1. The Balaban J connectivity index is 1.61. The molecule has 158 valence electrons. The monoisotopic (exact) mass is 407 g/mol. The zero-order valence-electron chi connectivity index (χ0n) is 17.8. The van der Waals surface area contributed by atoms with Gasteiger partial charge in [0.1, 0.15) is 0 Å². The molecule has 1 heterocycles. The van der Waals surface area contributed by atoms with Crippen molar-refractivity contribution < 1.29 is 14.4 Å². The number of nitrogens with zero attached hydrogens (tertiary/aromatic N) is 2. The van der Waals surface area contributed by atoms with Gasteiger partial charge >= 0.3 is 0 Å². The van der Waals surface area contributed by atoms with Gasteiger partial charge in [0.25, 0.3) is 5.91 Å². The Kier molecular flexibility index (Phi) is 6.87. The van der Waals surface area contributed by atoms with Gasteiger partial charge in [-0.25, -0.2) is 0 Å². The van der Waals surface area contributed by atoms with E-state index in [1.165, 1.54) is 0 Å². The molecular formula is C24H29N3O3. The van der Waals surface area contributed by atoms with Crippen LogP contribution in [-0.4, -0.2) is 46.7 Å². The molecular weight excluding hydrogens is 378 g/mol. The molecule has 1 aliphatic rings. The van der Waals surface area contributed by atoms with Crippen molar-refractivity contribution in [3.8, 4) is 0 Å². The fraction of sp³-hybridized carbons (Fsp3) is 0.375. The molecule has 6 nitrogen and oxygen atoms in total. The lowest BCUT2D eigenvalue weighted by Crippen LogP contribution is -2.33. The topological polar surface area (TPSA) is 69.7 Å². The summed E-state index contributed by atoms with van der Waals surface area (Å²) in [6, 6.07) is 16.9. The Morgan fingerprint density at radius 2 is 1.77 bits per heavy atom. The summed E-state index contributed by atoms with van der Waals surface area (Å²) in [6.07, 6.45) is 0.242. The van der Waals surface area contributed by atoms with E-state index in [2.05, 4.69) is 5.32 Å². The van der Waals surface area contributed by atoms with Crippen molar-refractivity contribution in [3.63, 3.8) is 0 Å². The van der Waals surface area contributed by atoms with E-state index in [0.29, 0.717) is 30.9 Å². The average molecular weight is 408 g/mol. The Hall–Kier alpha value is -3.15. The third kappa shape index (κ3) is 5.06. The molecule has 1 saturated heterocycles. The van der Waals surface area contributed by atoms with Gasteiger partial charge in [-0.1, -0.05) is 30.3 Å². The average Bonchev–Trinajstić information content (AvgIpc) is 3.15. The predicted octanol–water partition coefficient (Wildman–Crippen LogP) is 3.54. The number of rotatable bonds is 7. The minimum Gasteiger partial charge on any atom is -0.339 e. The van der Waals surface area contributed by atoms with Gasteiger partial charge in [-0.05, 0) is 50.6 Å². The molecule has 1 N–H and O–H groups in total. The molecule has 0 spiro atoms. The maximum absolute atomic E-state index is 12.9. The minimum atomic E-state index is -0.345. The van der Waals surface area contributed by atoms with Crippen LogP contribution in [0.15, 0.2) is 54.6 Å². The molecule has 30 heavy (non-hydrogen) atoms. The molecule has 3 rings (SSSR count). The number of likely N-dealkylation sites (tertiary alicyclic amines) is 1. The van der Waals surface area contributed by atoms with Crippen molar-refractivity contribution in [1.82, 2.24) is 9.80 Å². The van der Waals surface area contributed by atoms with Gasteiger partial charge in [-0.15, -0.1) is 0 Å².